The number of hydrogen-bond donors (Lipinski definition) is 0. The molecule has 3 rings (SSSR count). The maximum Gasteiger partial charge on any atom is 0.343 e. The van der Waals surface area contributed by atoms with Gasteiger partial charge in [0.15, 0.2) is 5.78 Å². The second-order valence-electron chi connectivity index (χ2n) is 6.33. The fourth-order valence-electron chi connectivity index (χ4n) is 2.52. The summed E-state index contributed by atoms with van der Waals surface area (Å²) in [6, 6.07) is 19.2. The van der Waals surface area contributed by atoms with Crippen LogP contribution in [0.2, 0.25) is 0 Å². The van der Waals surface area contributed by atoms with E-state index in [0.717, 1.165) is 11.1 Å². The van der Waals surface area contributed by atoms with Crippen LogP contribution in [0.1, 0.15) is 31.8 Å². The van der Waals surface area contributed by atoms with Crippen LogP contribution in [-0.2, 0) is 0 Å². The van der Waals surface area contributed by atoms with E-state index < -0.39 is 10.9 Å². The van der Waals surface area contributed by atoms with Crippen LogP contribution < -0.4 is 4.74 Å². The summed E-state index contributed by atoms with van der Waals surface area (Å²) in [6.07, 6.45) is 3.17. The molecule has 0 spiro atoms. The summed E-state index contributed by atoms with van der Waals surface area (Å²) in [7, 11) is 0. The Morgan fingerprint density at radius 2 is 1.45 bits per heavy atom. The number of hydrogen-bond acceptors (Lipinski definition) is 5. The number of rotatable bonds is 6. The first kappa shape index (κ1) is 19.7. The Balaban J connectivity index is 1.62. The van der Waals surface area contributed by atoms with Crippen molar-refractivity contribution < 1.29 is 19.2 Å². The van der Waals surface area contributed by atoms with Crippen molar-refractivity contribution >= 4 is 23.5 Å². The van der Waals surface area contributed by atoms with Gasteiger partial charge in [-0.3, -0.25) is 14.9 Å². The molecule has 0 bridgehead atoms. The highest BCUT2D eigenvalue weighted by atomic mass is 16.6. The van der Waals surface area contributed by atoms with Crippen LogP contribution in [0.5, 0.6) is 5.75 Å². The van der Waals surface area contributed by atoms with Gasteiger partial charge in [-0.2, -0.15) is 0 Å². The molecule has 144 valence electrons. The normalized spacial score (nSPS) is 10.7. The highest BCUT2D eigenvalue weighted by molar-refractivity contribution is 6.06. The Labute approximate surface area is 167 Å². The number of allylic oxidation sites excluding steroid dienone is 1. The molecule has 0 heterocycles. The van der Waals surface area contributed by atoms with E-state index in [0.29, 0.717) is 11.3 Å². The van der Waals surface area contributed by atoms with Crippen molar-refractivity contribution in [2.75, 3.05) is 0 Å². The molecule has 0 atom stereocenters. The lowest BCUT2D eigenvalue weighted by Crippen LogP contribution is -2.08. The number of benzene rings is 3. The van der Waals surface area contributed by atoms with Crippen LogP contribution in [-0.4, -0.2) is 16.7 Å². The van der Waals surface area contributed by atoms with Gasteiger partial charge in [0.25, 0.3) is 5.69 Å². The zero-order valence-corrected chi connectivity index (χ0v) is 15.6. The predicted molar refractivity (Wildman–Crippen MR) is 109 cm³/mol. The van der Waals surface area contributed by atoms with Crippen LogP contribution in [0.4, 0.5) is 5.69 Å². The number of carbonyl (C=O) groups excluding carboxylic acids is 2. The summed E-state index contributed by atoms with van der Waals surface area (Å²) in [4.78, 5) is 34.4. The van der Waals surface area contributed by atoms with Gasteiger partial charge in [0.1, 0.15) is 5.75 Å². The van der Waals surface area contributed by atoms with E-state index in [1.165, 1.54) is 30.3 Å². The summed E-state index contributed by atoms with van der Waals surface area (Å²) in [5, 5.41) is 10.7. The Morgan fingerprint density at radius 1 is 0.862 bits per heavy atom. The van der Waals surface area contributed by atoms with E-state index in [4.69, 9.17) is 4.74 Å². The first-order valence-corrected chi connectivity index (χ1v) is 8.78. The largest absolute Gasteiger partial charge is 0.423 e. The fraction of sp³-hybridized carbons (Fsp3) is 0.0435. The number of esters is 1. The van der Waals surface area contributed by atoms with Gasteiger partial charge >= 0.3 is 5.97 Å². The van der Waals surface area contributed by atoms with Gasteiger partial charge in [-0.1, -0.05) is 48.0 Å². The van der Waals surface area contributed by atoms with Crippen molar-refractivity contribution in [3.8, 4) is 5.75 Å². The summed E-state index contributed by atoms with van der Waals surface area (Å²) in [5.74, 6) is -0.383. The highest BCUT2D eigenvalue weighted by Gasteiger charge is 2.11. The molecule has 3 aromatic rings. The maximum absolute atomic E-state index is 12.2. The summed E-state index contributed by atoms with van der Waals surface area (Å²) in [5.41, 5.74) is 2.59. The van der Waals surface area contributed by atoms with Gasteiger partial charge in [-0.25, -0.2) is 4.79 Å². The van der Waals surface area contributed by atoms with E-state index in [9.17, 15) is 19.7 Å². The lowest BCUT2D eigenvalue weighted by atomic mass is 10.1. The van der Waals surface area contributed by atoms with Crippen molar-refractivity contribution in [2.45, 2.75) is 6.92 Å². The lowest BCUT2D eigenvalue weighted by molar-refractivity contribution is -0.384. The third kappa shape index (κ3) is 5.23. The van der Waals surface area contributed by atoms with Crippen molar-refractivity contribution in [1.82, 2.24) is 0 Å². The van der Waals surface area contributed by atoms with Gasteiger partial charge < -0.3 is 4.74 Å². The molecule has 0 amide bonds. The topological polar surface area (TPSA) is 86.5 Å². The summed E-state index contributed by atoms with van der Waals surface area (Å²) in [6.45, 7) is 1.96. The van der Waals surface area contributed by atoms with E-state index in [-0.39, 0.29) is 17.0 Å². The third-order valence-electron chi connectivity index (χ3n) is 4.17. The zero-order chi connectivity index (χ0) is 20.8. The molecule has 0 unspecified atom stereocenters. The SMILES string of the molecule is Cc1ccc(C(=O)/C=C/c2ccc(OC(=O)c3ccc([N+](=O)[O-])cc3)cc2)cc1. The average molecular weight is 387 g/mol. The Morgan fingerprint density at radius 3 is 2.03 bits per heavy atom. The van der Waals surface area contributed by atoms with Crippen LogP contribution in [0.3, 0.4) is 0 Å². The Hall–Kier alpha value is -4.06. The first-order valence-electron chi connectivity index (χ1n) is 8.78. The first-order chi connectivity index (χ1) is 13.9. The molecule has 29 heavy (non-hydrogen) atoms. The van der Waals surface area contributed by atoms with Crippen molar-refractivity contribution in [3.05, 3.63) is 111 Å². The molecule has 0 aliphatic rings. The predicted octanol–water partition coefficient (Wildman–Crippen LogP) is 5.02. The second-order valence-corrected chi connectivity index (χ2v) is 6.33. The molecule has 3 aromatic carbocycles. The molecule has 0 aliphatic carbocycles. The molecule has 0 radical (unpaired) electrons. The van der Waals surface area contributed by atoms with Gasteiger partial charge in [0, 0.05) is 17.7 Å². The Kier molecular flexibility index (Phi) is 5.94. The number of aryl methyl sites for hydroxylation is 1. The number of non-ortho nitro benzene ring substituents is 1. The minimum Gasteiger partial charge on any atom is -0.423 e. The number of carbonyl (C=O) groups is 2. The second kappa shape index (κ2) is 8.75. The molecule has 0 saturated carbocycles. The Bertz CT molecular complexity index is 1070. The monoisotopic (exact) mass is 387 g/mol. The summed E-state index contributed by atoms with van der Waals surface area (Å²) >= 11 is 0. The number of nitro groups is 1. The molecule has 6 heteroatoms. The van der Waals surface area contributed by atoms with Gasteiger partial charge in [0.05, 0.1) is 10.5 Å². The summed E-state index contributed by atoms with van der Waals surface area (Å²) < 4.78 is 5.26. The van der Waals surface area contributed by atoms with E-state index in [1.807, 2.05) is 19.1 Å². The minimum atomic E-state index is -0.613. The quantitative estimate of drug-likeness (QED) is 0.148. The molecular formula is C23H17NO5. The van der Waals surface area contributed by atoms with Crippen LogP contribution >= 0.6 is 0 Å². The van der Waals surface area contributed by atoms with Crippen LogP contribution in [0.15, 0.2) is 78.9 Å². The minimum absolute atomic E-state index is 0.0984. The maximum atomic E-state index is 12.2. The smallest absolute Gasteiger partial charge is 0.343 e. The van der Waals surface area contributed by atoms with Gasteiger partial charge in [-0.05, 0) is 42.8 Å². The number of nitro benzene ring substituents is 1. The fourth-order valence-corrected chi connectivity index (χ4v) is 2.52. The molecule has 0 aromatic heterocycles. The average Bonchev–Trinajstić information content (AvgIpc) is 2.73. The molecule has 0 fully saturated rings. The number of ether oxygens (including phenoxy) is 1. The zero-order valence-electron chi connectivity index (χ0n) is 15.6. The standard InChI is InChI=1S/C23H17NO5/c1-16-2-7-18(8-3-16)22(25)15-6-17-4-13-21(14-5-17)29-23(26)19-9-11-20(12-10-19)24(27)28/h2-15H,1H3/b15-6+. The lowest BCUT2D eigenvalue weighted by Gasteiger charge is -2.04. The van der Waals surface area contributed by atoms with Gasteiger partial charge in [-0.15, -0.1) is 0 Å². The van der Waals surface area contributed by atoms with Crippen molar-refractivity contribution in [2.24, 2.45) is 0 Å². The van der Waals surface area contributed by atoms with Gasteiger partial charge in [0.2, 0.25) is 0 Å². The van der Waals surface area contributed by atoms with Crippen molar-refractivity contribution in [3.63, 3.8) is 0 Å². The molecule has 6 nitrogen and oxygen atoms in total. The number of nitrogens with zero attached hydrogens (tertiary/aromatic N) is 1. The van der Waals surface area contributed by atoms with Crippen LogP contribution in [0, 0.1) is 17.0 Å². The molecule has 0 saturated heterocycles. The highest BCUT2D eigenvalue weighted by Crippen LogP contribution is 2.17. The molecule has 0 aliphatic heterocycles. The van der Waals surface area contributed by atoms with E-state index >= 15 is 0 Å². The number of ketones is 1. The van der Waals surface area contributed by atoms with E-state index in [1.54, 1.807) is 42.5 Å². The van der Waals surface area contributed by atoms with Crippen LogP contribution in [0.25, 0.3) is 6.08 Å². The van der Waals surface area contributed by atoms with E-state index in [2.05, 4.69) is 0 Å². The molecular weight excluding hydrogens is 370 g/mol. The molecule has 0 N–H and O–H groups in total. The van der Waals surface area contributed by atoms with Crippen molar-refractivity contribution in [1.29, 1.82) is 0 Å². The third-order valence-corrected chi connectivity index (χ3v) is 4.17.